The van der Waals surface area contributed by atoms with Crippen molar-refractivity contribution in [2.75, 3.05) is 13.1 Å². The first kappa shape index (κ1) is 13.2. The molecule has 0 saturated carbocycles. The van der Waals surface area contributed by atoms with Gasteiger partial charge in [-0.05, 0) is 68.5 Å². The van der Waals surface area contributed by atoms with E-state index in [1.165, 1.54) is 37.5 Å². The summed E-state index contributed by atoms with van der Waals surface area (Å²) in [5, 5.41) is 6.32. The molecule has 4 heterocycles. The van der Waals surface area contributed by atoms with Gasteiger partial charge in [-0.25, -0.2) is 0 Å². The van der Waals surface area contributed by atoms with Gasteiger partial charge in [0.2, 0.25) is 0 Å². The summed E-state index contributed by atoms with van der Waals surface area (Å²) in [4.78, 5) is 15.1. The average Bonchev–Trinajstić information content (AvgIpc) is 2.98. The van der Waals surface area contributed by atoms with Crippen LogP contribution in [0.5, 0.6) is 0 Å². The standard InChI is InChI=1S/C16H19N3OS/c1-10-15(11-4-6-19(10)7-5-11)17-16(20)12-2-3-14-13(8-12)9-21-18-14/h2-3,8-11,15H,4-7H2,1H3,(H,17,20)/t10-,15-/m0/s1. The molecule has 0 spiro atoms. The molecular formula is C16H19N3OS. The van der Waals surface area contributed by atoms with Crippen molar-refractivity contribution in [3.05, 3.63) is 29.1 Å². The van der Waals surface area contributed by atoms with Gasteiger partial charge in [-0.2, -0.15) is 4.37 Å². The van der Waals surface area contributed by atoms with Crippen molar-refractivity contribution in [3.8, 4) is 0 Å². The van der Waals surface area contributed by atoms with Gasteiger partial charge >= 0.3 is 0 Å². The molecule has 2 aromatic rings. The minimum Gasteiger partial charge on any atom is -0.347 e. The van der Waals surface area contributed by atoms with Crippen LogP contribution in [0.1, 0.15) is 30.1 Å². The molecule has 0 unspecified atom stereocenters. The van der Waals surface area contributed by atoms with Gasteiger partial charge < -0.3 is 5.32 Å². The van der Waals surface area contributed by atoms with Crippen LogP contribution in [0, 0.1) is 5.92 Å². The average molecular weight is 301 g/mol. The zero-order chi connectivity index (χ0) is 14.4. The quantitative estimate of drug-likeness (QED) is 0.927. The molecule has 3 aliphatic heterocycles. The number of carbonyl (C=O) groups excluding carboxylic acids is 1. The monoisotopic (exact) mass is 301 g/mol. The fourth-order valence-electron chi connectivity index (χ4n) is 3.79. The summed E-state index contributed by atoms with van der Waals surface area (Å²) in [6, 6.07) is 6.49. The lowest BCUT2D eigenvalue weighted by molar-refractivity contribution is 0.0217. The second kappa shape index (κ2) is 5.07. The molecule has 1 aromatic heterocycles. The molecule has 5 rings (SSSR count). The van der Waals surface area contributed by atoms with E-state index < -0.39 is 0 Å². The van der Waals surface area contributed by atoms with Crippen molar-refractivity contribution in [2.24, 2.45) is 5.92 Å². The van der Waals surface area contributed by atoms with Crippen LogP contribution in [-0.4, -0.2) is 40.4 Å². The highest BCUT2D eigenvalue weighted by Gasteiger charge is 2.40. The van der Waals surface area contributed by atoms with Gasteiger partial charge in [0.25, 0.3) is 5.91 Å². The van der Waals surface area contributed by atoms with E-state index in [0.717, 1.165) is 16.5 Å². The Hall–Kier alpha value is -1.46. The third-order valence-electron chi connectivity index (χ3n) is 5.10. The third-order valence-corrected chi connectivity index (χ3v) is 5.76. The number of piperidine rings is 3. The number of hydrogen-bond donors (Lipinski definition) is 1. The van der Waals surface area contributed by atoms with Crippen LogP contribution in [0.3, 0.4) is 0 Å². The van der Waals surface area contributed by atoms with Crippen molar-refractivity contribution in [3.63, 3.8) is 0 Å². The summed E-state index contributed by atoms with van der Waals surface area (Å²) < 4.78 is 4.28. The van der Waals surface area contributed by atoms with Gasteiger partial charge in [-0.15, -0.1) is 0 Å². The molecule has 1 amide bonds. The zero-order valence-electron chi connectivity index (χ0n) is 12.1. The van der Waals surface area contributed by atoms with Crippen LogP contribution < -0.4 is 5.32 Å². The van der Waals surface area contributed by atoms with E-state index in [9.17, 15) is 4.79 Å². The molecule has 1 N–H and O–H groups in total. The van der Waals surface area contributed by atoms with E-state index >= 15 is 0 Å². The van der Waals surface area contributed by atoms with Crippen LogP contribution in [0.4, 0.5) is 0 Å². The van der Waals surface area contributed by atoms with E-state index in [1.807, 2.05) is 23.6 Å². The second-order valence-corrected chi connectivity index (χ2v) is 6.83. The lowest BCUT2D eigenvalue weighted by Gasteiger charge is -2.49. The SMILES string of the molecule is C[C@H]1[C@H](NC(=O)c2ccc3nscc3c2)C2CCN1CC2. The minimum absolute atomic E-state index is 0.0497. The topological polar surface area (TPSA) is 45.2 Å². The van der Waals surface area contributed by atoms with Gasteiger partial charge in [0.05, 0.1) is 5.52 Å². The van der Waals surface area contributed by atoms with E-state index in [-0.39, 0.29) is 11.9 Å². The normalized spacial score (nSPS) is 31.5. The van der Waals surface area contributed by atoms with Gasteiger partial charge in [-0.1, -0.05) is 0 Å². The number of hydrogen-bond acceptors (Lipinski definition) is 4. The summed E-state index contributed by atoms with van der Waals surface area (Å²) in [6.45, 7) is 4.61. The highest BCUT2D eigenvalue weighted by atomic mass is 32.1. The molecule has 0 aliphatic carbocycles. The molecule has 5 heteroatoms. The number of rotatable bonds is 2. The molecule has 1 aromatic carbocycles. The van der Waals surface area contributed by atoms with Crippen LogP contribution in [0.25, 0.3) is 10.9 Å². The number of aromatic nitrogens is 1. The number of nitrogens with one attached hydrogen (secondary N) is 1. The Morgan fingerprint density at radius 3 is 2.95 bits per heavy atom. The zero-order valence-corrected chi connectivity index (χ0v) is 12.9. The number of benzene rings is 1. The van der Waals surface area contributed by atoms with Crippen molar-refractivity contribution in [2.45, 2.75) is 31.8 Å². The Labute approximate surface area is 128 Å². The van der Waals surface area contributed by atoms with Crippen LogP contribution in [-0.2, 0) is 0 Å². The highest BCUT2D eigenvalue weighted by molar-refractivity contribution is 7.04. The number of amides is 1. The lowest BCUT2D eigenvalue weighted by Crippen LogP contribution is -2.62. The predicted octanol–water partition coefficient (Wildman–Crippen LogP) is 2.51. The number of fused-ring (bicyclic) bond motifs is 4. The van der Waals surface area contributed by atoms with Crippen molar-refractivity contribution in [1.82, 2.24) is 14.6 Å². The Morgan fingerprint density at radius 2 is 2.19 bits per heavy atom. The van der Waals surface area contributed by atoms with Crippen molar-refractivity contribution < 1.29 is 4.79 Å². The Bertz CT molecular complexity index is 673. The molecular weight excluding hydrogens is 282 g/mol. The first-order valence-corrected chi connectivity index (χ1v) is 8.45. The van der Waals surface area contributed by atoms with Gasteiger partial charge in [0.15, 0.2) is 0 Å². The highest BCUT2D eigenvalue weighted by Crippen LogP contribution is 2.32. The molecule has 4 nitrogen and oxygen atoms in total. The van der Waals surface area contributed by atoms with Crippen LogP contribution in [0.15, 0.2) is 23.6 Å². The molecule has 2 bridgehead atoms. The van der Waals surface area contributed by atoms with Gasteiger partial charge in [0.1, 0.15) is 0 Å². The van der Waals surface area contributed by atoms with E-state index in [0.29, 0.717) is 12.0 Å². The summed E-state index contributed by atoms with van der Waals surface area (Å²) in [5.74, 6) is 0.689. The van der Waals surface area contributed by atoms with Crippen molar-refractivity contribution in [1.29, 1.82) is 0 Å². The summed E-state index contributed by atoms with van der Waals surface area (Å²) >= 11 is 1.43. The summed E-state index contributed by atoms with van der Waals surface area (Å²) in [6.07, 6.45) is 2.42. The second-order valence-electron chi connectivity index (χ2n) is 6.20. The molecule has 2 atom stereocenters. The summed E-state index contributed by atoms with van der Waals surface area (Å²) in [7, 11) is 0. The van der Waals surface area contributed by atoms with E-state index in [2.05, 4.69) is 21.5 Å². The van der Waals surface area contributed by atoms with Gasteiger partial charge in [0, 0.05) is 28.4 Å². The molecule has 3 aliphatic rings. The fourth-order valence-corrected chi connectivity index (χ4v) is 4.43. The largest absolute Gasteiger partial charge is 0.347 e. The first-order valence-electron chi connectivity index (χ1n) is 7.61. The number of carbonyl (C=O) groups is 1. The molecule has 3 fully saturated rings. The molecule has 21 heavy (non-hydrogen) atoms. The van der Waals surface area contributed by atoms with Crippen LogP contribution in [0.2, 0.25) is 0 Å². The molecule has 3 saturated heterocycles. The molecule has 0 radical (unpaired) electrons. The van der Waals surface area contributed by atoms with E-state index in [4.69, 9.17) is 0 Å². The first-order chi connectivity index (χ1) is 10.2. The minimum atomic E-state index is 0.0497. The third kappa shape index (κ3) is 2.24. The maximum Gasteiger partial charge on any atom is 0.251 e. The Morgan fingerprint density at radius 1 is 1.38 bits per heavy atom. The predicted molar refractivity (Wildman–Crippen MR) is 84.6 cm³/mol. The maximum atomic E-state index is 12.6. The van der Waals surface area contributed by atoms with Gasteiger partial charge in [-0.3, -0.25) is 9.69 Å². The van der Waals surface area contributed by atoms with E-state index in [1.54, 1.807) is 0 Å². The Balaban J connectivity index is 1.54. The fraction of sp³-hybridized carbons (Fsp3) is 0.500. The molecule has 110 valence electrons. The number of nitrogens with zero attached hydrogens (tertiary/aromatic N) is 2. The lowest BCUT2D eigenvalue weighted by atomic mass is 9.79. The Kier molecular flexibility index (Phi) is 3.19. The summed E-state index contributed by atoms with van der Waals surface area (Å²) in [5.41, 5.74) is 1.71. The van der Waals surface area contributed by atoms with Crippen LogP contribution >= 0.6 is 11.5 Å². The maximum absolute atomic E-state index is 12.6. The smallest absolute Gasteiger partial charge is 0.251 e. The van der Waals surface area contributed by atoms with Crippen molar-refractivity contribution >= 4 is 28.3 Å².